The smallest absolute Gasteiger partial charge is 0.0975 e. The molecule has 0 nitrogen and oxygen atoms in total. The zero-order valence-corrected chi connectivity index (χ0v) is 14.0. The molecule has 6 heteroatoms. The van der Waals surface area contributed by atoms with Crippen LogP contribution >= 0.6 is 10.2 Å². The van der Waals surface area contributed by atoms with Gasteiger partial charge in [0.2, 0.25) is 0 Å². The second kappa shape index (κ2) is 6.38. The van der Waals surface area contributed by atoms with E-state index in [0.717, 1.165) is 17.5 Å². The maximum Gasteiger partial charge on any atom is 0.288 e. The first-order chi connectivity index (χ1) is 9.92. The number of unbranched alkanes of at least 4 members (excludes halogenated alkanes) is 2. The molecule has 0 saturated carbocycles. The highest BCUT2D eigenvalue weighted by Crippen LogP contribution is 3.01. The first kappa shape index (κ1) is 19.3. The number of hydrogen-bond acceptors (Lipinski definition) is 0. The highest BCUT2D eigenvalue weighted by molar-refractivity contribution is 8.46. The summed E-state index contributed by atoms with van der Waals surface area (Å²) in [5, 5.41) is -2.45. The Kier molecular flexibility index (Phi) is 5.59. The number of rotatable bonds is 9. The minimum absolute atomic E-state index is 0.130. The van der Waals surface area contributed by atoms with Crippen molar-refractivity contribution in [1.82, 2.24) is 0 Å². The fourth-order valence-electron chi connectivity index (χ4n) is 2.50. The first-order valence-corrected chi connectivity index (χ1v) is 9.72. The van der Waals surface area contributed by atoms with E-state index in [9.17, 15) is 19.4 Å². The van der Waals surface area contributed by atoms with Crippen molar-refractivity contribution in [2.45, 2.75) is 64.0 Å². The van der Waals surface area contributed by atoms with Gasteiger partial charge in [-0.05, 0) is 38.2 Å². The molecule has 1 aromatic rings. The summed E-state index contributed by atoms with van der Waals surface area (Å²) < 4.78 is 65.4. The number of halogens is 5. The van der Waals surface area contributed by atoms with Crippen molar-refractivity contribution >= 4 is 10.2 Å². The molecule has 0 N–H and O–H groups in total. The van der Waals surface area contributed by atoms with E-state index in [0.29, 0.717) is 12.8 Å². The molecule has 1 aromatic carbocycles. The summed E-state index contributed by atoms with van der Waals surface area (Å²) in [6, 6.07) is 7.42. The monoisotopic (exact) mass is 344 g/mol. The highest BCUT2D eigenvalue weighted by atomic mass is 32.5. The number of benzene rings is 1. The lowest BCUT2D eigenvalue weighted by Crippen LogP contribution is -2.25. The van der Waals surface area contributed by atoms with Gasteiger partial charge in [0, 0.05) is 0 Å². The largest absolute Gasteiger partial charge is 0.288 e. The van der Waals surface area contributed by atoms with Gasteiger partial charge in [-0.3, -0.25) is 0 Å². The Morgan fingerprint density at radius 2 is 1.41 bits per heavy atom. The van der Waals surface area contributed by atoms with Gasteiger partial charge in [-0.15, -0.1) is 0 Å². The highest BCUT2D eigenvalue weighted by Gasteiger charge is 2.68. The van der Waals surface area contributed by atoms with Crippen LogP contribution in [0.1, 0.15) is 56.6 Å². The molecule has 0 spiro atoms. The topological polar surface area (TPSA) is 0 Å². The number of hydrogen-bond donors (Lipinski definition) is 0. The van der Waals surface area contributed by atoms with E-state index in [4.69, 9.17) is 0 Å². The third kappa shape index (κ3) is 6.99. The van der Waals surface area contributed by atoms with E-state index in [1.54, 1.807) is 0 Å². The first-order valence-electron chi connectivity index (χ1n) is 7.71. The van der Waals surface area contributed by atoms with Crippen molar-refractivity contribution in [2.24, 2.45) is 0 Å². The normalized spacial score (nSPS) is 16.9. The summed E-state index contributed by atoms with van der Waals surface area (Å²) in [6.07, 6.45) is 1.06. The van der Waals surface area contributed by atoms with Crippen LogP contribution in [0.25, 0.3) is 0 Å². The van der Waals surface area contributed by atoms with Crippen LogP contribution < -0.4 is 0 Å². The fraction of sp³-hybridized carbons (Fsp3) is 0.625. The van der Waals surface area contributed by atoms with E-state index in [1.165, 1.54) is 0 Å². The molecule has 0 aliphatic heterocycles. The third-order valence-corrected chi connectivity index (χ3v) is 5.60. The molecule has 0 saturated heterocycles. The molecule has 0 aliphatic carbocycles. The molecule has 1 rings (SSSR count). The van der Waals surface area contributed by atoms with Crippen LogP contribution in [-0.4, -0.2) is 5.25 Å². The van der Waals surface area contributed by atoms with E-state index >= 15 is 0 Å². The van der Waals surface area contributed by atoms with Crippen LogP contribution in [0.3, 0.4) is 0 Å². The van der Waals surface area contributed by atoms with Gasteiger partial charge >= 0.3 is 0 Å². The fourth-order valence-corrected chi connectivity index (χ4v) is 3.72. The molecule has 22 heavy (non-hydrogen) atoms. The second-order valence-electron chi connectivity index (χ2n) is 6.02. The van der Waals surface area contributed by atoms with Crippen molar-refractivity contribution in [2.75, 3.05) is 0 Å². The van der Waals surface area contributed by atoms with Crippen molar-refractivity contribution in [1.29, 1.82) is 0 Å². The maximum absolute atomic E-state index is 13.1. The summed E-state index contributed by atoms with van der Waals surface area (Å²) in [5.41, 5.74) is 1.95. The van der Waals surface area contributed by atoms with Crippen molar-refractivity contribution in [3.63, 3.8) is 0 Å². The molecule has 1 unspecified atom stereocenters. The minimum Gasteiger partial charge on any atom is -0.0975 e. The van der Waals surface area contributed by atoms with Crippen LogP contribution in [-0.2, 0) is 6.42 Å². The van der Waals surface area contributed by atoms with Gasteiger partial charge in [-0.25, -0.2) is 0 Å². The molecule has 0 amide bonds. The Balaban J connectivity index is 2.63. The van der Waals surface area contributed by atoms with E-state index in [1.807, 2.05) is 38.1 Å². The summed E-state index contributed by atoms with van der Waals surface area (Å²) in [6.45, 7) is 3.76. The van der Waals surface area contributed by atoms with Gasteiger partial charge in [-0.1, -0.05) is 75.4 Å². The van der Waals surface area contributed by atoms with Crippen molar-refractivity contribution < 1.29 is 19.4 Å². The zero-order chi connectivity index (χ0) is 16.9. The average Bonchev–Trinajstić information content (AvgIpc) is 2.36. The number of aryl methyl sites for hydroxylation is 2. The maximum atomic E-state index is 13.1. The predicted octanol–water partition coefficient (Wildman–Crippen LogP) is 7.57. The van der Waals surface area contributed by atoms with Gasteiger partial charge in [0.05, 0.1) is 5.25 Å². The molecule has 0 aromatic heterocycles. The second-order valence-corrected chi connectivity index (χ2v) is 8.75. The molecular formula is C16H25F5S. The zero-order valence-electron chi connectivity index (χ0n) is 13.1. The summed E-state index contributed by atoms with van der Waals surface area (Å²) in [4.78, 5) is 0. The van der Waals surface area contributed by atoms with E-state index < -0.39 is 28.3 Å². The molecular weight excluding hydrogens is 319 g/mol. The Labute approximate surface area is 129 Å². The summed E-state index contributed by atoms with van der Waals surface area (Å²) in [5.74, 6) is 0. The van der Waals surface area contributed by atoms with Crippen LogP contribution in [0, 0.1) is 6.92 Å². The lowest BCUT2D eigenvalue weighted by Gasteiger charge is -2.47. The van der Waals surface area contributed by atoms with Gasteiger partial charge in [0.15, 0.2) is 0 Å². The molecule has 130 valence electrons. The lowest BCUT2D eigenvalue weighted by molar-refractivity contribution is 0.327. The third-order valence-electron chi connectivity index (χ3n) is 3.87. The van der Waals surface area contributed by atoms with Crippen LogP contribution in [0.2, 0.25) is 0 Å². The van der Waals surface area contributed by atoms with Crippen molar-refractivity contribution in [3.05, 3.63) is 35.4 Å². The van der Waals surface area contributed by atoms with Gasteiger partial charge in [0.1, 0.15) is 0 Å². The SMILES string of the molecule is CCCCCC(CCCc1ccc(C)cc1)S(F)(F)(F)(F)F. The van der Waals surface area contributed by atoms with Crippen LogP contribution in [0.4, 0.5) is 19.4 Å². The van der Waals surface area contributed by atoms with Crippen LogP contribution in [0.15, 0.2) is 24.3 Å². The van der Waals surface area contributed by atoms with Crippen LogP contribution in [0.5, 0.6) is 0 Å². The van der Waals surface area contributed by atoms with Crippen molar-refractivity contribution in [3.8, 4) is 0 Å². The Morgan fingerprint density at radius 1 is 0.864 bits per heavy atom. The predicted molar refractivity (Wildman–Crippen MR) is 85.2 cm³/mol. The van der Waals surface area contributed by atoms with Gasteiger partial charge in [0.25, 0.3) is 10.2 Å². The molecule has 0 heterocycles. The van der Waals surface area contributed by atoms with Gasteiger partial charge in [-0.2, -0.15) is 0 Å². The Morgan fingerprint density at radius 3 is 1.91 bits per heavy atom. The Bertz CT molecular complexity index is 463. The van der Waals surface area contributed by atoms with E-state index in [-0.39, 0.29) is 12.8 Å². The minimum atomic E-state index is -9.39. The molecule has 0 aliphatic rings. The molecule has 0 fully saturated rings. The Hall–Kier alpha value is -0.780. The van der Waals surface area contributed by atoms with Gasteiger partial charge < -0.3 is 0 Å². The average molecular weight is 344 g/mol. The summed E-state index contributed by atoms with van der Waals surface area (Å²) >= 11 is 0. The standard InChI is InChI=1S/C16H25F5S/c1-3-4-5-8-16(22(17,18,19,20)21)9-6-7-15-12-10-14(2)11-13-15/h10-13,16H,3-9H2,1-2H3. The van der Waals surface area contributed by atoms with E-state index in [2.05, 4.69) is 0 Å². The quantitative estimate of drug-likeness (QED) is 0.320. The lowest BCUT2D eigenvalue weighted by atomic mass is 10.0. The molecule has 1 atom stereocenters. The molecule has 0 bridgehead atoms. The molecule has 0 radical (unpaired) electrons. The summed E-state index contributed by atoms with van der Waals surface area (Å²) in [7, 11) is -9.39.